The van der Waals surface area contributed by atoms with Crippen molar-refractivity contribution in [2.24, 2.45) is 0 Å². The van der Waals surface area contributed by atoms with E-state index in [2.05, 4.69) is 20.3 Å². The first-order chi connectivity index (χ1) is 7.08. The van der Waals surface area contributed by atoms with Crippen LogP contribution in [0, 0.1) is 13.8 Å². The van der Waals surface area contributed by atoms with Crippen LogP contribution in [0.5, 0.6) is 0 Å². The number of hydrogen-bond donors (Lipinski definition) is 0. The van der Waals surface area contributed by atoms with Gasteiger partial charge in [0.25, 0.3) is 0 Å². The van der Waals surface area contributed by atoms with Crippen LogP contribution in [0.3, 0.4) is 0 Å². The molecule has 2 rings (SSSR count). The van der Waals surface area contributed by atoms with Crippen molar-refractivity contribution in [3.8, 4) is 5.82 Å². The Morgan fingerprint density at radius 3 is 2.53 bits per heavy atom. The fourth-order valence-electron chi connectivity index (χ4n) is 1.26. The van der Waals surface area contributed by atoms with Crippen molar-refractivity contribution >= 4 is 23.2 Å². The first-order valence-corrected chi connectivity index (χ1v) is 4.93. The van der Waals surface area contributed by atoms with Gasteiger partial charge < -0.3 is 0 Å². The Labute approximate surface area is 96.1 Å². The van der Waals surface area contributed by atoms with Crippen molar-refractivity contribution < 1.29 is 0 Å². The van der Waals surface area contributed by atoms with Crippen LogP contribution >= 0.6 is 23.2 Å². The van der Waals surface area contributed by atoms with Gasteiger partial charge in [-0.1, -0.05) is 11.6 Å². The fourth-order valence-corrected chi connectivity index (χ4v) is 1.54. The number of halogens is 2. The first-order valence-electron chi connectivity index (χ1n) is 4.17. The van der Waals surface area contributed by atoms with E-state index in [4.69, 9.17) is 23.2 Å². The molecule has 2 aromatic heterocycles. The van der Waals surface area contributed by atoms with Gasteiger partial charge in [0.05, 0.1) is 5.69 Å². The lowest BCUT2D eigenvalue weighted by Crippen LogP contribution is -2.05. The van der Waals surface area contributed by atoms with Crippen molar-refractivity contribution in [2.75, 3.05) is 0 Å². The molecule has 5 nitrogen and oxygen atoms in total. The number of rotatable bonds is 1. The van der Waals surface area contributed by atoms with E-state index < -0.39 is 0 Å². The van der Waals surface area contributed by atoms with Crippen LogP contribution < -0.4 is 0 Å². The lowest BCUT2D eigenvalue weighted by Gasteiger charge is -2.03. The van der Waals surface area contributed by atoms with Gasteiger partial charge in [-0.05, 0) is 31.5 Å². The average molecular weight is 244 g/mol. The minimum absolute atomic E-state index is 0.0435. The molecule has 15 heavy (non-hydrogen) atoms. The maximum atomic E-state index is 5.86. The molecule has 0 aliphatic carbocycles. The molecule has 78 valence electrons. The molecule has 0 amide bonds. The summed E-state index contributed by atoms with van der Waals surface area (Å²) < 4.78 is 1.58. The van der Waals surface area contributed by atoms with Crippen molar-refractivity contribution in [2.45, 2.75) is 13.8 Å². The monoisotopic (exact) mass is 243 g/mol. The maximum absolute atomic E-state index is 5.86. The molecule has 2 aromatic rings. The van der Waals surface area contributed by atoms with Gasteiger partial charge in [-0.2, -0.15) is 10.1 Å². The molecule has 0 fully saturated rings. The average Bonchev–Trinajstić information content (AvgIpc) is 2.50. The summed E-state index contributed by atoms with van der Waals surface area (Å²) in [7, 11) is 0. The second-order valence-electron chi connectivity index (χ2n) is 3.03. The minimum Gasteiger partial charge on any atom is -0.216 e. The van der Waals surface area contributed by atoms with E-state index in [9.17, 15) is 0 Å². The van der Waals surface area contributed by atoms with Gasteiger partial charge in [0.1, 0.15) is 0 Å². The summed E-state index contributed by atoms with van der Waals surface area (Å²) in [5.74, 6) is 0.391. The molecule has 0 radical (unpaired) electrons. The summed E-state index contributed by atoms with van der Waals surface area (Å²) in [4.78, 5) is 3.98. The molecule has 0 aliphatic rings. The molecule has 0 saturated heterocycles. The van der Waals surface area contributed by atoms with E-state index in [0.29, 0.717) is 5.82 Å². The first kappa shape index (κ1) is 10.3. The molecule has 0 bridgehead atoms. The highest BCUT2D eigenvalue weighted by atomic mass is 35.5. The van der Waals surface area contributed by atoms with E-state index in [1.807, 2.05) is 19.9 Å². The maximum Gasteiger partial charge on any atom is 0.245 e. The Bertz CT molecular complexity index is 508. The van der Waals surface area contributed by atoms with E-state index in [-0.39, 0.29) is 10.4 Å². The number of aryl methyl sites for hydroxylation is 2. The van der Waals surface area contributed by atoms with E-state index in [1.54, 1.807) is 4.68 Å². The van der Waals surface area contributed by atoms with Crippen molar-refractivity contribution in [1.82, 2.24) is 25.0 Å². The smallest absolute Gasteiger partial charge is 0.216 e. The van der Waals surface area contributed by atoms with Crippen LogP contribution in [0.15, 0.2) is 6.07 Å². The summed E-state index contributed by atoms with van der Waals surface area (Å²) >= 11 is 11.5. The van der Waals surface area contributed by atoms with Crippen LogP contribution in [0.2, 0.25) is 10.4 Å². The van der Waals surface area contributed by atoms with Gasteiger partial charge >= 0.3 is 0 Å². The van der Waals surface area contributed by atoms with Crippen LogP contribution in [-0.2, 0) is 0 Å². The summed E-state index contributed by atoms with van der Waals surface area (Å²) in [5, 5.41) is 11.6. The Kier molecular flexibility index (Phi) is 2.58. The third-order valence-electron chi connectivity index (χ3n) is 1.81. The van der Waals surface area contributed by atoms with Gasteiger partial charge in [-0.15, -0.1) is 10.2 Å². The van der Waals surface area contributed by atoms with Crippen molar-refractivity contribution in [3.05, 3.63) is 27.9 Å². The Morgan fingerprint density at radius 2 is 1.93 bits per heavy atom. The topological polar surface area (TPSA) is 56.5 Å². The quantitative estimate of drug-likeness (QED) is 0.769. The molecule has 0 spiro atoms. The Morgan fingerprint density at radius 1 is 1.20 bits per heavy atom. The van der Waals surface area contributed by atoms with Gasteiger partial charge in [-0.3, -0.25) is 0 Å². The van der Waals surface area contributed by atoms with Crippen LogP contribution in [0.4, 0.5) is 0 Å². The molecule has 0 N–H and O–H groups in total. The zero-order valence-corrected chi connectivity index (χ0v) is 9.58. The number of hydrogen-bond acceptors (Lipinski definition) is 4. The highest BCUT2D eigenvalue weighted by Gasteiger charge is 2.11. The molecule has 2 heterocycles. The van der Waals surface area contributed by atoms with Crippen molar-refractivity contribution in [3.63, 3.8) is 0 Å². The standard InChI is InChI=1S/C8H7Cl2N5/c1-4-3-5(2)15(14-4)7-6(9)12-13-8(10)11-7/h3H,1-2H3. The lowest BCUT2D eigenvalue weighted by atomic mass is 10.4. The SMILES string of the molecule is Cc1cc(C)n(-c2nc(Cl)nnc2Cl)n1. The van der Waals surface area contributed by atoms with E-state index in [1.165, 1.54) is 0 Å². The van der Waals surface area contributed by atoms with Gasteiger partial charge in [0, 0.05) is 5.69 Å². The summed E-state index contributed by atoms with van der Waals surface area (Å²) in [6.07, 6.45) is 0. The Hall–Kier alpha value is -1.20. The molecule has 0 saturated carbocycles. The minimum atomic E-state index is 0.0435. The molecular weight excluding hydrogens is 237 g/mol. The Balaban J connectivity index is 2.62. The molecular formula is C8H7Cl2N5. The van der Waals surface area contributed by atoms with Gasteiger partial charge in [0.2, 0.25) is 5.28 Å². The fraction of sp³-hybridized carbons (Fsp3) is 0.250. The third-order valence-corrected chi connectivity index (χ3v) is 2.22. The molecule has 0 aliphatic heterocycles. The summed E-state index contributed by atoms with van der Waals surface area (Å²) in [5.41, 5.74) is 1.78. The zero-order valence-electron chi connectivity index (χ0n) is 8.07. The number of nitrogens with zero attached hydrogens (tertiary/aromatic N) is 5. The third kappa shape index (κ3) is 1.93. The highest BCUT2D eigenvalue weighted by Crippen LogP contribution is 2.17. The van der Waals surface area contributed by atoms with Gasteiger partial charge in [-0.25, -0.2) is 4.68 Å². The summed E-state index contributed by atoms with van der Waals surface area (Å²) in [6.45, 7) is 3.78. The largest absolute Gasteiger partial charge is 0.245 e. The normalized spacial score (nSPS) is 10.7. The van der Waals surface area contributed by atoms with E-state index >= 15 is 0 Å². The second-order valence-corrected chi connectivity index (χ2v) is 3.73. The lowest BCUT2D eigenvalue weighted by molar-refractivity contribution is 0.782. The van der Waals surface area contributed by atoms with Crippen LogP contribution in [-0.4, -0.2) is 25.0 Å². The van der Waals surface area contributed by atoms with Gasteiger partial charge in [0.15, 0.2) is 11.0 Å². The molecule has 0 unspecified atom stereocenters. The van der Waals surface area contributed by atoms with Crippen LogP contribution in [0.1, 0.15) is 11.4 Å². The molecule has 0 atom stereocenters. The predicted octanol–water partition coefficient (Wildman–Crippen LogP) is 1.98. The van der Waals surface area contributed by atoms with Crippen molar-refractivity contribution in [1.29, 1.82) is 0 Å². The van der Waals surface area contributed by atoms with Crippen LogP contribution in [0.25, 0.3) is 5.82 Å². The number of aromatic nitrogens is 5. The summed E-state index contributed by atoms with van der Waals surface area (Å²) in [6, 6.07) is 1.91. The molecule has 0 aromatic carbocycles. The predicted molar refractivity (Wildman–Crippen MR) is 56.4 cm³/mol. The van der Waals surface area contributed by atoms with E-state index in [0.717, 1.165) is 11.4 Å². The second kappa shape index (κ2) is 3.75. The molecule has 7 heteroatoms. The zero-order chi connectivity index (χ0) is 11.0. The highest BCUT2D eigenvalue weighted by molar-refractivity contribution is 6.31.